The molecule has 0 fully saturated rings. The Kier molecular flexibility index (Phi) is 1.59. The monoisotopic (exact) mass is 123 g/mol. The lowest BCUT2D eigenvalue weighted by Crippen LogP contribution is -1.93. The van der Waals surface area contributed by atoms with Gasteiger partial charge >= 0.3 is 0 Å². The third-order valence-electron chi connectivity index (χ3n) is 1.03. The van der Waals surface area contributed by atoms with Gasteiger partial charge in [-0.25, -0.2) is 0 Å². The molecule has 0 atom stereocenters. The van der Waals surface area contributed by atoms with Crippen molar-refractivity contribution in [3.05, 3.63) is 23.8 Å². The first-order valence-corrected chi connectivity index (χ1v) is 2.97. The van der Waals surface area contributed by atoms with Crippen molar-refractivity contribution in [1.82, 2.24) is 0 Å². The van der Waals surface area contributed by atoms with Crippen LogP contribution in [0.5, 0.6) is 0 Å². The van der Waals surface area contributed by atoms with Crippen LogP contribution in [0.1, 0.15) is 13.3 Å². The van der Waals surface area contributed by atoms with Gasteiger partial charge < -0.3 is 0 Å². The SMILES string of the molecule is CC1=C[C]=CC(=S)C1. The molecule has 0 aromatic carbocycles. The maximum Gasteiger partial charge on any atom is 0.0198 e. The number of thiocarbonyl (C=S) groups is 1. The van der Waals surface area contributed by atoms with Crippen molar-refractivity contribution in [3.63, 3.8) is 0 Å². The smallest absolute Gasteiger partial charge is 0.0198 e. The largest absolute Gasteiger partial charge is 0.0845 e. The minimum Gasteiger partial charge on any atom is -0.0845 e. The van der Waals surface area contributed by atoms with Crippen LogP contribution in [0.2, 0.25) is 0 Å². The van der Waals surface area contributed by atoms with Crippen molar-refractivity contribution < 1.29 is 0 Å². The highest BCUT2D eigenvalue weighted by Gasteiger charge is 1.96. The van der Waals surface area contributed by atoms with Crippen molar-refractivity contribution in [1.29, 1.82) is 0 Å². The van der Waals surface area contributed by atoms with Gasteiger partial charge in [0.1, 0.15) is 0 Å². The van der Waals surface area contributed by atoms with Gasteiger partial charge in [-0.05, 0) is 19.1 Å². The van der Waals surface area contributed by atoms with E-state index in [1.54, 1.807) is 0 Å². The Labute approximate surface area is 54.9 Å². The predicted octanol–water partition coefficient (Wildman–Crippen LogP) is 2.07. The summed E-state index contributed by atoms with van der Waals surface area (Å²) in [5.41, 5.74) is 1.30. The summed E-state index contributed by atoms with van der Waals surface area (Å²) in [5.74, 6) is 0. The molecule has 0 aromatic heterocycles. The molecule has 1 aliphatic rings. The number of allylic oxidation sites excluding steroid dienone is 4. The van der Waals surface area contributed by atoms with E-state index in [-0.39, 0.29) is 0 Å². The normalized spacial score (nSPS) is 18.6. The molecule has 1 heteroatoms. The highest BCUT2D eigenvalue weighted by atomic mass is 32.1. The molecule has 1 radical (unpaired) electrons. The van der Waals surface area contributed by atoms with Crippen LogP contribution in [0.15, 0.2) is 17.7 Å². The lowest BCUT2D eigenvalue weighted by atomic mass is 10.1. The third kappa shape index (κ3) is 1.27. The fourth-order valence-corrected chi connectivity index (χ4v) is 0.949. The molecule has 0 saturated carbocycles. The lowest BCUT2D eigenvalue weighted by Gasteiger charge is -2.00. The van der Waals surface area contributed by atoms with Gasteiger partial charge in [-0.3, -0.25) is 0 Å². The number of hydrogen-bond donors (Lipinski definition) is 0. The molecule has 0 saturated heterocycles. The van der Waals surface area contributed by atoms with Crippen molar-refractivity contribution >= 4 is 17.1 Å². The molecule has 0 spiro atoms. The summed E-state index contributed by atoms with van der Waals surface area (Å²) in [4.78, 5) is 0.991. The Bertz CT molecular complexity index is 163. The molecule has 0 aliphatic heterocycles. The van der Waals surface area contributed by atoms with Crippen molar-refractivity contribution in [2.24, 2.45) is 0 Å². The molecule has 0 aromatic rings. The Balaban J connectivity index is 2.73. The standard InChI is InChI=1S/C7H7S/c1-6-3-2-4-7(8)5-6/h3-4H,5H2,1H3. The summed E-state index contributed by atoms with van der Waals surface area (Å²) in [5, 5.41) is 0. The molecule has 1 rings (SSSR count). The summed E-state index contributed by atoms with van der Waals surface area (Å²) in [6.07, 6.45) is 7.72. The van der Waals surface area contributed by atoms with Gasteiger partial charge in [0.15, 0.2) is 0 Å². The third-order valence-corrected chi connectivity index (χ3v) is 1.29. The van der Waals surface area contributed by atoms with Crippen LogP contribution < -0.4 is 0 Å². The van der Waals surface area contributed by atoms with Crippen LogP contribution in [-0.4, -0.2) is 4.86 Å². The van der Waals surface area contributed by atoms with Gasteiger partial charge in [-0.1, -0.05) is 23.9 Å². The van der Waals surface area contributed by atoms with Gasteiger partial charge in [0, 0.05) is 11.3 Å². The van der Waals surface area contributed by atoms with Crippen LogP contribution in [0, 0.1) is 6.08 Å². The highest BCUT2D eigenvalue weighted by molar-refractivity contribution is 7.80. The maximum absolute atomic E-state index is 4.92. The Hall–Kier alpha value is -0.430. The van der Waals surface area contributed by atoms with Gasteiger partial charge in [0.2, 0.25) is 0 Å². The van der Waals surface area contributed by atoms with Crippen molar-refractivity contribution in [2.45, 2.75) is 13.3 Å². The van der Waals surface area contributed by atoms with Crippen LogP contribution in [0.3, 0.4) is 0 Å². The zero-order valence-electron chi connectivity index (χ0n) is 4.77. The molecule has 8 heavy (non-hydrogen) atoms. The second kappa shape index (κ2) is 2.23. The van der Waals surface area contributed by atoms with Crippen LogP contribution in [0.25, 0.3) is 0 Å². The van der Waals surface area contributed by atoms with E-state index in [2.05, 4.69) is 13.0 Å². The van der Waals surface area contributed by atoms with E-state index in [0.29, 0.717) is 0 Å². The zero-order valence-corrected chi connectivity index (χ0v) is 5.59. The molecule has 0 bridgehead atoms. The molecule has 1 aliphatic carbocycles. The topological polar surface area (TPSA) is 0 Å². The highest BCUT2D eigenvalue weighted by Crippen LogP contribution is 2.07. The first kappa shape index (κ1) is 5.70. The minimum absolute atomic E-state index is 0.947. The molecule has 0 amide bonds. The quantitative estimate of drug-likeness (QED) is 0.444. The number of hydrogen-bond acceptors (Lipinski definition) is 1. The summed E-state index contributed by atoms with van der Waals surface area (Å²) < 4.78 is 0. The zero-order chi connectivity index (χ0) is 5.98. The second-order valence-electron chi connectivity index (χ2n) is 1.94. The molecule has 0 N–H and O–H groups in total. The summed E-state index contributed by atoms with van der Waals surface area (Å²) >= 11 is 4.92. The van der Waals surface area contributed by atoms with Gasteiger partial charge in [0.25, 0.3) is 0 Å². The van der Waals surface area contributed by atoms with Crippen LogP contribution in [-0.2, 0) is 0 Å². The maximum atomic E-state index is 4.92. The summed E-state index contributed by atoms with van der Waals surface area (Å²) in [7, 11) is 0. The average molecular weight is 123 g/mol. The van der Waals surface area contributed by atoms with Crippen molar-refractivity contribution in [3.8, 4) is 0 Å². The van der Waals surface area contributed by atoms with E-state index < -0.39 is 0 Å². The molecule has 0 heterocycles. The first-order valence-electron chi connectivity index (χ1n) is 2.57. The molecule has 0 unspecified atom stereocenters. The lowest BCUT2D eigenvalue weighted by molar-refractivity contribution is 1.27. The van der Waals surface area contributed by atoms with Gasteiger partial charge in [0.05, 0.1) is 0 Å². The Morgan fingerprint density at radius 3 is 2.88 bits per heavy atom. The Morgan fingerprint density at radius 2 is 2.50 bits per heavy atom. The van der Waals surface area contributed by atoms with E-state index >= 15 is 0 Å². The summed E-state index contributed by atoms with van der Waals surface area (Å²) in [6.45, 7) is 2.06. The average Bonchev–Trinajstić information content (AvgIpc) is 1.64. The second-order valence-corrected chi connectivity index (χ2v) is 2.47. The molecular formula is C7H7S. The minimum atomic E-state index is 0.947. The van der Waals surface area contributed by atoms with E-state index in [1.807, 2.05) is 12.2 Å². The predicted molar refractivity (Wildman–Crippen MR) is 38.8 cm³/mol. The van der Waals surface area contributed by atoms with E-state index in [9.17, 15) is 0 Å². The first-order chi connectivity index (χ1) is 3.79. The van der Waals surface area contributed by atoms with E-state index in [4.69, 9.17) is 12.2 Å². The Morgan fingerprint density at radius 1 is 1.75 bits per heavy atom. The molecule has 0 nitrogen and oxygen atoms in total. The van der Waals surface area contributed by atoms with E-state index in [0.717, 1.165) is 11.3 Å². The van der Waals surface area contributed by atoms with E-state index in [1.165, 1.54) is 5.57 Å². The number of rotatable bonds is 0. The van der Waals surface area contributed by atoms with Gasteiger partial charge in [-0.15, -0.1) is 0 Å². The fourth-order valence-electron chi connectivity index (χ4n) is 0.654. The van der Waals surface area contributed by atoms with Crippen LogP contribution in [0.4, 0.5) is 0 Å². The molecular weight excluding hydrogens is 116 g/mol. The molecule has 41 valence electrons. The summed E-state index contributed by atoms with van der Waals surface area (Å²) in [6, 6.07) is 0. The van der Waals surface area contributed by atoms with Crippen molar-refractivity contribution in [2.75, 3.05) is 0 Å². The fraction of sp³-hybridized carbons (Fsp3) is 0.286. The van der Waals surface area contributed by atoms with Crippen LogP contribution >= 0.6 is 12.2 Å². The van der Waals surface area contributed by atoms with Gasteiger partial charge in [-0.2, -0.15) is 0 Å².